The molecule has 5 aliphatic heterocycles. The van der Waals surface area contributed by atoms with Crippen LogP contribution in [0.3, 0.4) is 0 Å². The lowest BCUT2D eigenvalue weighted by Gasteiger charge is -2.50. The van der Waals surface area contributed by atoms with Gasteiger partial charge in [0.2, 0.25) is 0 Å². The van der Waals surface area contributed by atoms with Crippen molar-refractivity contribution < 1.29 is 80.8 Å². The number of ketones is 2. The van der Waals surface area contributed by atoms with E-state index in [1.807, 2.05) is 90.9 Å². The summed E-state index contributed by atoms with van der Waals surface area (Å²) in [6.07, 6.45) is -7.72. The van der Waals surface area contributed by atoms with E-state index >= 15 is 0 Å². The van der Waals surface area contributed by atoms with Gasteiger partial charge in [0.1, 0.15) is 31.0 Å². The molecule has 0 radical (unpaired) electrons. The number of hydrogen-bond donors (Lipinski definition) is 0. The summed E-state index contributed by atoms with van der Waals surface area (Å²) in [5.41, 5.74) is 29.7. The summed E-state index contributed by atoms with van der Waals surface area (Å²) in [4.78, 5) is 57.7. The molecule has 8 rings (SSSR count). The van der Waals surface area contributed by atoms with Crippen LogP contribution in [0.5, 0.6) is 0 Å². The number of hydrogen-bond acceptors (Lipinski definition) is 20. The third kappa shape index (κ3) is 19.0. The summed E-state index contributed by atoms with van der Waals surface area (Å²) in [7, 11) is 4.33. The van der Waals surface area contributed by atoms with Crippen molar-refractivity contribution in [3.63, 3.8) is 0 Å². The normalized spacial score (nSPS) is 35.3. The van der Waals surface area contributed by atoms with Gasteiger partial charge >= 0.3 is 11.9 Å². The highest BCUT2D eigenvalue weighted by Crippen LogP contribution is 2.42. The summed E-state index contributed by atoms with van der Waals surface area (Å²) in [5, 5.41) is 11.9. The van der Waals surface area contributed by atoms with Crippen LogP contribution < -0.4 is 0 Å². The molecule has 26 nitrogen and oxygen atoms in total. The Labute approximate surface area is 532 Å². The zero-order chi connectivity index (χ0) is 66.5. The number of carbonyl (C=O) groups excluding carboxylic acids is 4. The number of ether oxygens (including phenoxy) is 13. The second-order valence-corrected chi connectivity index (χ2v) is 23.9. The molecule has 5 saturated heterocycles. The molecule has 24 atom stereocenters. The van der Waals surface area contributed by atoms with E-state index in [9.17, 15) is 30.2 Å². The van der Waals surface area contributed by atoms with Crippen LogP contribution in [0.25, 0.3) is 31.3 Å². The first-order valence-corrected chi connectivity index (χ1v) is 31.1. The molecule has 91 heavy (non-hydrogen) atoms. The van der Waals surface area contributed by atoms with E-state index < -0.39 is 110 Å². The molecule has 5 fully saturated rings. The minimum Gasteiger partial charge on any atom is -0.465 e. The second-order valence-electron chi connectivity index (χ2n) is 23.9. The molecule has 0 bridgehead atoms. The number of nitrogens with zero attached hydrogens (tertiary/aromatic N) is 9. The van der Waals surface area contributed by atoms with Gasteiger partial charge in [-0.15, -0.1) is 0 Å². The monoisotopic (exact) mass is 1270 g/mol. The zero-order valence-corrected chi connectivity index (χ0v) is 54.5. The van der Waals surface area contributed by atoms with Gasteiger partial charge in [-0.2, -0.15) is 0 Å². The van der Waals surface area contributed by atoms with Gasteiger partial charge in [0.05, 0.1) is 73.5 Å². The molecule has 0 saturated carbocycles. The highest BCUT2D eigenvalue weighted by Gasteiger charge is 2.54. The van der Waals surface area contributed by atoms with Crippen LogP contribution in [0.4, 0.5) is 0 Å². The average Bonchev–Trinajstić information content (AvgIpc) is 0.827. The lowest BCUT2D eigenvalue weighted by molar-refractivity contribution is -0.349. The summed E-state index contributed by atoms with van der Waals surface area (Å²) >= 11 is 0. The summed E-state index contributed by atoms with van der Waals surface area (Å²) in [6.45, 7) is 21.0. The van der Waals surface area contributed by atoms with Crippen molar-refractivity contribution in [2.24, 2.45) is 56.8 Å². The van der Waals surface area contributed by atoms with Gasteiger partial charge < -0.3 is 61.6 Å². The Kier molecular flexibility index (Phi) is 29.1. The van der Waals surface area contributed by atoms with E-state index in [1.54, 1.807) is 48.5 Å². The van der Waals surface area contributed by atoms with Crippen LogP contribution in [-0.2, 0) is 77.8 Å². The summed E-state index contributed by atoms with van der Waals surface area (Å²) in [6, 6.07) is 25.3. The first-order valence-electron chi connectivity index (χ1n) is 31.1. The van der Waals surface area contributed by atoms with Crippen molar-refractivity contribution in [3.8, 4) is 0 Å². The predicted octanol–water partition coefficient (Wildman–Crippen LogP) is 11.8. The minimum absolute atomic E-state index is 0.0230. The van der Waals surface area contributed by atoms with Gasteiger partial charge in [-0.1, -0.05) is 144 Å². The Morgan fingerprint density at radius 2 is 0.967 bits per heavy atom. The fraction of sp³-hybridized carbons (Fsp3) is 0.662. The highest BCUT2D eigenvalue weighted by molar-refractivity contribution is 5.89. The first kappa shape index (κ1) is 73.5. The largest absolute Gasteiger partial charge is 0.465 e. The van der Waals surface area contributed by atoms with Crippen LogP contribution in [0.2, 0.25) is 0 Å². The minimum atomic E-state index is -1.03. The number of methoxy groups -OCH3 is 3. The quantitative estimate of drug-likeness (QED) is 0.0390. The molecule has 5 heterocycles. The Hall–Kier alpha value is -6.57. The lowest BCUT2D eigenvalue weighted by atomic mass is 9.81. The van der Waals surface area contributed by atoms with Crippen LogP contribution in [-0.4, -0.2) is 156 Å². The molecule has 3 aromatic rings. The molecule has 498 valence electrons. The van der Waals surface area contributed by atoms with E-state index in [1.165, 1.54) is 35.2 Å². The standard InChI is InChI=1S/C33H50N6O8.C24H33N3O7.C8H8O2/c1-9-23-17(3)18(4)25(36-38-34)32(43-23)46-28-20(6)29(42-16-22-14-12-11-13-15-22)33(47-30(28)21(7)40)45-27-19(5)26(37-39-35)31(41-8)44-24(27)10-2;1-13-11-19(33-21(14(13)2)16(4)28)34-22-15(3)20(26-27-25)24(30-5)32-18(22)12-31-23(29)17-9-7-6-8-10-17;1-10-8(9)7-5-3-2-4-6-7/h11-15,17-20,23-33H,9-10,16H2,1-8H3;6-10,13-15,18-22,24H,11-12H2,1-5H3;2-6H,1H3/t17-,18-,19+,20-,23?,24?,25?,26?,27-,28-,29?,30?,31-,32+,33+;13-,14+,15-,18?,19+,20?,21?,22+,24+;/m01./s1. The fourth-order valence-electron chi connectivity index (χ4n) is 12.4. The number of rotatable bonds is 22. The molecule has 0 amide bonds. The maximum Gasteiger partial charge on any atom is 0.338 e. The van der Waals surface area contributed by atoms with Gasteiger partial charge in [0.25, 0.3) is 0 Å². The van der Waals surface area contributed by atoms with E-state index in [0.29, 0.717) is 24.0 Å². The highest BCUT2D eigenvalue weighted by atomic mass is 16.8. The van der Waals surface area contributed by atoms with Gasteiger partial charge in [-0.3, -0.25) is 9.59 Å². The van der Waals surface area contributed by atoms with E-state index in [0.717, 1.165) is 12.0 Å². The smallest absolute Gasteiger partial charge is 0.338 e. The number of carbonyl (C=O) groups is 4. The molecule has 5 aliphatic rings. The number of Topliss-reactive ketones (excluding diaryl/α,β-unsaturated/α-hetero) is 2. The van der Waals surface area contributed by atoms with Crippen molar-refractivity contribution >= 4 is 23.5 Å². The van der Waals surface area contributed by atoms with Crippen LogP contribution in [0.1, 0.15) is 122 Å². The van der Waals surface area contributed by atoms with Crippen molar-refractivity contribution in [1.82, 2.24) is 0 Å². The second kappa shape index (κ2) is 36.0. The van der Waals surface area contributed by atoms with E-state index in [4.69, 9.17) is 62.4 Å². The fourth-order valence-corrected chi connectivity index (χ4v) is 12.4. The van der Waals surface area contributed by atoms with E-state index in [2.05, 4.69) is 48.7 Å². The molecular weight excluding hydrogens is 1180 g/mol. The zero-order valence-electron chi connectivity index (χ0n) is 54.5. The maximum atomic E-state index is 13.2. The van der Waals surface area contributed by atoms with Crippen molar-refractivity contribution in [1.29, 1.82) is 0 Å². The summed E-state index contributed by atoms with van der Waals surface area (Å²) in [5.74, 6) is -1.82. The van der Waals surface area contributed by atoms with Gasteiger partial charge in [0.15, 0.2) is 43.0 Å². The number of azide groups is 3. The molecule has 26 heteroatoms. The maximum absolute atomic E-state index is 13.2. The third-order valence-electron chi connectivity index (χ3n) is 18.1. The van der Waals surface area contributed by atoms with Gasteiger partial charge in [-0.25, -0.2) is 9.59 Å². The topological polar surface area (TPSA) is 335 Å². The number of esters is 2. The van der Waals surface area contributed by atoms with Crippen molar-refractivity contribution in [2.75, 3.05) is 27.9 Å². The average molecular weight is 1270 g/mol. The molecule has 3 aromatic carbocycles. The number of benzene rings is 3. The van der Waals surface area contributed by atoms with Crippen LogP contribution in [0.15, 0.2) is 106 Å². The Balaban J connectivity index is 0.000000259. The van der Waals surface area contributed by atoms with Crippen LogP contribution in [0, 0.1) is 41.4 Å². The SMILES string of the molecule is CCC1O[C@H](O[C@@H]2C(C(C)=O)O[C@@H](O[C@@H]3C(CC)O[C@H](OC)C(N=[N+]=[N-])[C@H]3C)C(OCc3ccccc3)[C@H]2C)C(N=[N+]=[N-])[C@@H](C)[C@@H]1C.COC(=O)c1ccccc1.CO[C@H]1OC(COC(=O)c2ccccc2)[C@@H](O[C@H]2C[C@@H](C)[C@H](C)C(C(C)=O)O2)[C@H](C)C1N=[N+]=[N-]. The van der Waals surface area contributed by atoms with Crippen molar-refractivity contribution in [2.45, 2.75) is 207 Å². The van der Waals surface area contributed by atoms with Gasteiger partial charge in [-0.05, 0) is 109 Å². The molecule has 0 aliphatic carbocycles. The Morgan fingerprint density at radius 3 is 1.46 bits per heavy atom. The van der Waals surface area contributed by atoms with Crippen LogP contribution >= 0.6 is 0 Å². The molecule has 0 N–H and O–H groups in total. The predicted molar refractivity (Wildman–Crippen MR) is 331 cm³/mol. The molecule has 0 aromatic heterocycles. The molecule has 9 unspecified atom stereocenters. The van der Waals surface area contributed by atoms with Gasteiger partial charge in [0, 0.05) is 41.3 Å². The Bertz CT molecular complexity index is 2920. The lowest BCUT2D eigenvalue weighted by Crippen LogP contribution is -2.62. The molecule has 0 spiro atoms. The summed E-state index contributed by atoms with van der Waals surface area (Å²) < 4.78 is 78.2. The third-order valence-corrected chi connectivity index (χ3v) is 18.1. The first-order chi connectivity index (χ1) is 43.7. The van der Waals surface area contributed by atoms with Crippen molar-refractivity contribution in [3.05, 3.63) is 139 Å². The Morgan fingerprint density at radius 1 is 0.495 bits per heavy atom. The van der Waals surface area contributed by atoms with E-state index in [-0.39, 0.29) is 72.4 Å². The molecular formula is C65H91N9O17.